The van der Waals surface area contributed by atoms with E-state index in [2.05, 4.69) is 4.98 Å². The van der Waals surface area contributed by atoms with Crippen molar-refractivity contribution >= 4 is 11.6 Å². The molecule has 1 aromatic carbocycles. The highest BCUT2D eigenvalue weighted by Gasteiger charge is 2.28. The first-order valence-electron chi connectivity index (χ1n) is 8.75. The van der Waals surface area contributed by atoms with E-state index in [9.17, 15) is 9.18 Å². The molecule has 2 aliphatic rings. The highest BCUT2D eigenvalue weighted by Crippen LogP contribution is 2.28. The zero-order valence-corrected chi connectivity index (χ0v) is 15.2. The van der Waals surface area contributed by atoms with Gasteiger partial charge in [0.2, 0.25) is 5.89 Å². The molecule has 1 aromatic heterocycles. The molecule has 0 aliphatic carbocycles. The summed E-state index contributed by atoms with van der Waals surface area (Å²) in [4.78, 5) is 20.9. The summed E-state index contributed by atoms with van der Waals surface area (Å²) in [5, 5.41) is 0. The first-order valence-corrected chi connectivity index (χ1v) is 8.75. The third-order valence-electron chi connectivity index (χ3n) is 4.77. The zero-order valence-electron chi connectivity index (χ0n) is 15.2. The van der Waals surface area contributed by atoms with Crippen molar-refractivity contribution in [1.82, 2.24) is 14.8 Å². The highest BCUT2D eigenvalue weighted by molar-refractivity contribution is 5.94. The molecule has 0 spiro atoms. The lowest BCUT2D eigenvalue weighted by Crippen LogP contribution is -2.35. The van der Waals surface area contributed by atoms with Crippen molar-refractivity contribution in [2.75, 3.05) is 27.2 Å². The lowest BCUT2D eigenvalue weighted by atomic mass is 10.1. The first kappa shape index (κ1) is 17.3. The maximum Gasteiger partial charge on any atom is 0.254 e. The van der Waals surface area contributed by atoms with E-state index in [0.29, 0.717) is 36.7 Å². The number of methoxy groups -OCH3 is 1. The summed E-state index contributed by atoms with van der Waals surface area (Å²) in [6.45, 7) is 1.14. The summed E-state index contributed by atoms with van der Waals surface area (Å²) in [5.41, 5.74) is 2.06. The molecule has 0 unspecified atom stereocenters. The highest BCUT2D eigenvalue weighted by atomic mass is 19.1. The SMILES string of the molecule is COc1cccc(C(=O)N2CCc3oc(C4=CC=C(F)CN4C)nc3C2)c1. The van der Waals surface area contributed by atoms with Crippen LogP contribution in [0.5, 0.6) is 5.75 Å². The number of halogens is 1. The number of likely N-dealkylation sites (N-methyl/N-ethyl adjacent to an activating group) is 1. The molecule has 0 bridgehead atoms. The van der Waals surface area contributed by atoms with Gasteiger partial charge in [0.15, 0.2) is 0 Å². The number of oxazole rings is 1. The monoisotopic (exact) mass is 369 g/mol. The van der Waals surface area contributed by atoms with Crippen LogP contribution in [0.3, 0.4) is 0 Å². The van der Waals surface area contributed by atoms with E-state index in [1.54, 1.807) is 54.3 Å². The number of benzene rings is 1. The van der Waals surface area contributed by atoms with Crippen LogP contribution in [0.4, 0.5) is 4.39 Å². The number of hydrogen-bond donors (Lipinski definition) is 0. The number of fused-ring (bicyclic) bond motifs is 1. The summed E-state index contributed by atoms with van der Waals surface area (Å²) in [5.74, 6) is 1.62. The third-order valence-corrected chi connectivity index (χ3v) is 4.77. The molecule has 0 saturated heterocycles. The van der Waals surface area contributed by atoms with Crippen LogP contribution in [0.1, 0.15) is 27.7 Å². The van der Waals surface area contributed by atoms with E-state index in [0.717, 1.165) is 17.2 Å². The number of ether oxygens (including phenoxy) is 1. The molecule has 2 aliphatic heterocycles. The van der Waals surface area contributed by atoms with Crippen LogP contribution in [0.2, 0.25) is 0 Å². The molecule has 0 atom stereocenters. The summed E-state index contributed by atoms with van der Waals surface area (Å²) < 4.78 is 24.5. The molecule has 0 saturated carbocycles. The maximum absolute atomic E-state index is 13.4. The van der Waals surface area contributed by atoms with Crippen LogP contribution in [0.15, 0.2) is 46.7 Å². The fraction of sp³-hybridized carbons (Fsp3) is 0.300. The number of allylic oxidation sites excluding steroid dienone is 2. The smallest absolute Gasteiger partial charge is 0.254 e. The largest absolute Gasteiger partial charge is 0.497 e. The minimum atomic E-state index is -0.201. The molecule has 6 nitrogen and oxygen atoms in total. The van der Waals surface area contributed by atoms with Crippen LogP contribution < -0.4 is 4.74 Å². The Hall–Kier alpha value is -3.09. The fourth-order valence-corrected chi connectivity index (χ4v) is 3.32. The lowest BCUT2D eigenvalue weighted by molar-refractivity contribution is 0.0727. The number of nitrogens with zero attached hydrogens (tertiary/aromatic N) is 3. The third kappa shape index (κ3) is 3.32. The Morgan fingerprint density at radius 3 is 2.93 bits per heavy atom. The second kappa shape index (κ2) is 6.90. The number of rotatable bonds is 3. The molecular weight excluding hydrogens is 349 g/mol. The van der Waals surface area contributed by atoms with E-state index in [1.165, 1.54) is 6.08 Å². The van der Waals surface area contributed by atoms with E-state index in [4.69, 9.17) is 9.15 Å². The Balaban J connectivity index is 1.55. The molecule has 0 radical (unpaired) electrons. The van der Waals surface area contributed by atoms with Gasteiger partial charge in [0.05, 0.1) is 20.2 Å². The fourth-order valence-electron chi connectivity index (χ4n) is 3.32. The molecule has 140 valence electrons. The Morgan fingerprint density at radius 1 is 1.30 bits per heavy atom. The Kier molecular flexibility index (Phi) is 4.43. The van der Waals surface area contributed by atoms with Crippen LogP contribution in [-0.2, 0) is 13.0 Å². The van der Waals surface area contributed by atoms with Gasteiger partial charge in [-0.05, 0) is 30.4 Å². The van der Waals surface area contributed by atoms with Gasteiger partial charge in [-0.3, -0.25) is 4.79 Å². The molecular formula is C20H20FN3O3. The Bertz CT molecular complexity index is 948. The molecule has 3 heterocycles. The topological polar surface area (TPSA) is 58.8 Å². The van der Waals surface area contributed by atoms with Gasteiger partial charge in [0.1, 0.15) is 28.7 Å². The van der Waals surface area contributed by atoms with Crippen molar-refractivity contribution in [1.29, 1.82) is 0 Å². The van der Waals surface area contributed by atoms with Gasteiger partial charge < -0.3 is 19.0 Å². The quantitative estimate of drug-likeness (QED) is 0.832. The number of carbonyl (C=O) groups is 1. The van der Waals surface area contributed by atoms with Crippen molar-refractivity contribution in [3.05, 3.63) is 65.2 Å². The van der Waals surface area contributed by atoms with Gasteiger partial charge in [0.25, 0.3) is 5.91 Å². The molecule has 4 rings (SSSR count). The summed E-state index contributed by atoms with van der Waals surface area (Å²) >= 11 is 0. The molecule has 1 amide bonds. The zero-order chi connectivity index (χ0) is 19.0. The minimum Gasteiger partial charge on any atom is -0.497 e. The predicted octanol–water partition coefficient (Wildman–Crippen LogP) is 3.02. The van der Waals surface area contributed by atoms with Crippen molar-refractivity contribution in [3.63, 3.8) is 0 Å². The number of hydrogen-bond acceptors (Lipinski definition) is 5. The lowest BCUT2D eigenvalue weighted by Gasteiger charge is -2.25. The number of amides is 1. The number of carbonyl (C=O) groups excluding carboxylic acids is 1. The van der Waals surface area contributed by atoms with Crippen LogP contribution >= 0.6 is 0 Å². The first-order chi connectivity index (χ1) is 13.0. The molecule has 0 fully saturated rings. The average Bonchev–Trinajstić information content (AvgIpc) is 3.10. The number of aromatic nitrogens is 1. The molecule has 27 heavy (non-hydrogen) atoms. The van der Waals surface area contributed by atoms with Gasteiger partial charge in [-0.25, -0.2) is 9.37 Å². The average molecular weight is 369 g/mol. The summed E-state index contributed by atoms with van der Waals surface area (Å²) in [7, 11) is 3.37. The van der Waals surface area contributed by atoms with E-state index in [1.807, 2.05) is 0 Å². The molecule has 2 aromatic rings. The van der Waals surface area contributed by atoms with E-state index in [-0.39, 0.29) is 18.3 Å². The van der Waals surface area contributed by atoms with Gasteiger partial charge >= 0.3 is 0 Å². The summed E-state index contributed by atoms with van der Waals surface area (Å²) in [6, 6.07) is 7.11. The normalized spacial score (nSPS) is 16.6. The van der Waals surface area contributed by atoms with E-state index < -0.39 is 0 Å². The van der Waals surface area contributed by atoms with Crippen molar-refractivity contribution < 1.29 is 18.3 Å². The van der Waals surface area contributed by atoms with Crippen molar-refractivity contribution in [3.8, 4) is 5.75 Å². The standard InChI is InChI=1S/C20H20FN3O3/c1-23-11-14(21)6-7-17(23)19-22-16-12-24(9-8-18(16)27-19)20(25)13-4-3-5-15(10-13)26-2/h3-7,10H,8-9,11-12H2,1-2H3. The van der Waals surface area contributed by atoms with Crippen LogP contribution in [0, 0.1) is 0 Å². The van der Waals surface area contributed by atoms with Crippen molar-refractivity contribution in [2.24, 2.45) is 0 Å². The van der Waals surface area contributed by atoms with Crippen LogP contribution in [-0.4, -0.2) is 47.9 Å². The van der Waals surface area contributed by atoms with Crippen molar-refractivity contribution in [2.45, 2.75) is 13.0 Å². The minimum absolute atomic E-state index is 0.0666. The summed E-state index contributed by atoms with van der Waals surface area (Å²) in [6.07, 6.45) is 3.69. The van der Waals surface area contributed by atoms with Gasteiger partial charge in [0, 0.05) is 25.6 Å². The van der Waals surface area contributed by atoms with Crippen LogP contribution in [0.25, 0.3) is 5.70 Å². The Morgan fingerprint density at radius 2 is 2.15 bits per heavy atom. The molecule has 0 N–H and O–H groups in total. The molecule has 7 heteroatoms. The second-order valence-corrected chi connectivity index (χ2v) is 6.62. The maximum atomic E-state index is 13.4. The second-order valence-electron chi connectivity index (χ2n) is 6.62. The van der Waals surface area contributed by atoms with E-state index >= 15 is 0 Å². The van der Waals surface area contributed by atoms with Gasteiger partial charge in [-0.2, -0.15) is 0 Å². The predicted molar refractivity (Wildman–Crippen MR) is 97.7 cm³/mol. The Labute approximate surface area is 156 Å². The van der Waals surface area contributed by atoms with Gasteiger partial charge in [-0.15, -0.1) is 0 Å². The van der Waals surface area contributed by atoms with Gasteiger partial charge in [-0.1, -0.05) is 6.07 Å².